The van der Waals surface area contributed by atoms with Crippen LogP contribution in [0.2, 0.25) is 0 Å². The maximum absolute atomic E-state index is 10.6. The van der Waals surface area contributed by atoms with E-state index in [1.54, 1.807) is 0 Å². The molecule has 1 aliphatic heterocycles. The number of esters is 1. The molecular weight excluding hydrogens is 159 g/mol. The van der Waals surface area contributed by atoms with E-state index in [-0.39, 0.29) is 12.6 Å². The molecule has 0 aromatic rings. The zero-order valence-electron chi connectivity index (χ0n) is 6.90. The summed E-state index contributed by atoms with van der Waals surface area (Å²) in [7, 11) is 5.44. The molecule has 1 N–H and O–H groups in total. The molecule has 0 aromatic heterocycles. The largest absolute Gasteiger partial charge is 0.460 e. The predicted molar refractivity (Wildman–Crippen MR) is 41.7 cm³/mol. The quantitative estimate of drug-likeness (QED) is 0.435. The Labute approximate surface area is 72.3 Å². The lowest BCUT2D eigenvalue weighted by molar-refractivity contribution is -0.149. The van der Waals surface area contributed by atoms with Crippen molar-refractivity contribution in [1.29, 1.82) is 0 Å². The van der Waals surface area contributed by atoms with Crippen LogP contribution in [0.1, 0.15) is 13.3 Å². The van der Waals surface area contributed by atoms with Gasteiger partial charge in [-0.2, -0.15) is 0 Å². The Morgan fingerprint density at radius 3 is 3.00 bits per heavy atom. The molecule has 0 aromatic carbocycles. The summed E-state index contributed by atoms with van der Waals surface area (Å²) in [6.07, 6.45) is -0.420. The van der Waals surface area contributed by atoms with Crippen LogP contribution in [-0.4, -0.2) is 43.7 Å². The Morgan fingerprint density at radius 2 is 2.50 bits per heavy atom. The van der Waals surface area contributed by atoms with Gasteiger partial charge in [0.25, 0.3) is 0 Å². The van der Waals surface area contributed by atoms with Crippen molar-refractivity contribution in [1.82, 2.24) is 0 Å². The van der Waals surface area contributed by atoms with E-state index in [4.69, 9.17) is 22.4 Å². The fourth-order valence-corrected chi connectivity index (χ4v) is 1.25. The van der Waals surface area contributed by atoms with E-state index in [1.807, 2.05) is 0 Å². The molecule has 5 heteroatoms. The molecule has 1 unspecified atom stereocenters. The van der Waals surface area contributed by atoms with Crippen molar-refractivity contribution in [2.24, 2.45) is 0 Å². The maximum atomic E-state index is 10.6. The Kier molecular flexibility index (Phi) is 3.11. The Morgan fingerprint density at radius 1 is 1.83 bits per heavy atom. The van der Waals surface area contributed by atoms with Crippen LogP contribution in [-0.2, 0) is 14.3 Å². The van der Waals surface area contributed by atoms with E-state index < -0.39 is 18.2 Å². The molecule has 0 bridgehead atoms. The monoisotopic (exact) mass is 170 g/mol. The van der Waals surface area contributed by atoms with Crippen molar-refractivity contribution in [2.75, 3.05) is 6.61 Å². The molecule has 0 amide bonds. The lowest BCUT2D eigenvalue weighted by atomic mass is 9.96. The standard InChI is InChI=1S/C7H11BO4/c1-4(10)11-5-2-7(8)12-6(5)3-9/h5-7,9H,2-3H2,1H3/t5?,6-,7-/m1/s1. The van der Waals surface area contributed by atoms with Gasteiger partial charge in [-0.25, -0.2) is 0 Å². The minimum atomic E-state index is -0.469. The predicted octanol–water partition coefficient (Wildman–Crippen LogP) is -0.806. The Hall–Kier alpha value is -0.545. The second kappa shape index (κ2) is 3.91. The van der Waals surface area contributed by atoms with Crippen molar-refractivity contribution in [3.05, 3.63) is 0 Å². The lowest BCUT2D eigenvalue weighted by Crippen LogP contribution is -2.29. The number of rotatable bonds is 2. The molecule has 4 nitrogen and oxygen atoms in total. The van der Waals surface area contributed by atoms with Crippen molar-refractivity contribution in [3.8, 4) is 0 Å². The van der Waals surface area contributed by atoms with Gasteiger partial charge in [-0.15, -0.1) is 0 Å². The molecule has 1 aliphatic rings. The van der Waals surface area contributed by atoms with Gasteiger partial charge in [0, 0.05) is 19.3 Å². The number of ether oxygens (including phenoxy) is 2. The van der Waals surface area contributed by atoms with E-state index in [0.717, 1.165) is 0 Å². The van der Waals surface area contributed by atoms with Gasteiger partial charge in [0.2, 0.25) is 0 Å². The van der Waals surface area contributed by atoms with Gasteiger partial charge in [-0.1, -0.05) is 0 Å². The summed E-state index contributed by atoms with van der Waals surface area (Å²) in [5, 5.41) is 8.80. The van der Waals surface area contributed by atoms with Crippen LogP contribution in [0.3, 0.4) is 0 Å². The fraction of sp³-hybridized carbons (Fsp3) is 0.857. The first-order chi connectivity index (χ1) is 5.63. The normalized spacial score (nSPS) is 35.0. The van der Waals surface area contributed by atoms with Crippen LogP contribution >= 0.6 is 0 Å². The maximum Gasteiger partial charge on any atom is 0.302 e. The SMILES string of the molecule is [B][C@H]1CC(OC(C)=O)[C@@H](CO)O1. The summed E-state index contributed by atoms with van der Waals surface area (Å²) in [4.78, 5) is 10.6. The summed E-state index contributed by atoms with van der Waals surface area (Å²) in [5.74, 6) is -0.379. The minimum Gasteiger partial charge on any atom is -0.460 e. The first kappa shape index (κ1) is 9.54. The molecule has 1 saturated heterocycles. The van der Waals surface area contributed by atoms with Gasteiger partial charge in [-0.05, 0) is 0 Å². The molecule has 3 atom stereocenters. The van der Waals surface area contributed by atoms with Gasteiger partial charge in [-0.3, -0.25) is 4.79 Å². The highest BCUT2D eigenvalue weighted by atomic mass is 16.6. The van der Waals surface area contributed by atoms with E-state index in [9.17, 15) is 4.79 Å². The number of carbonyl (C=O) groups is 1. The summed E-state index contributed by atoms with van der Waals surface area (Å²) < 4.78 is 9.96. The highest BCUT2D eigenvalue weighted by molar-refractivity contribution is 6.11. The third kappa shape index (κ3) is 2.22. The number of carbonyl (C=O) groups excluding carboxylic acids is 1. The molecule has 1 rings (SSSR count). The summed E-state index contributed by atoms with van der Waals surface area (Å²) in [6, 6.07) is -0.438. The van der Waals surface area contributed by atoms with Gasteiger partial charge in [0.15, 0.2) is 0 Å². The second-order valence-corrected chi connectivity index (χ2v) is 2.78. The highest BCUT2D eigenvalue weighted by Gasteiger charge is 2.34. The Bertz CT molecular complexity index is 173. The number of aliphatic hydroxyl groups excluding tert-OH is 1. The molecule has 12 heavy (non-hydrogen) atoms. The average molecular weight is 170 g/mol. The van der Waals surface area contributed by atoms with Crippen molar-refractivity contribution >= 4 is 13.8 Å². The van der Waals surface area contributed by atoms with E-state index in [1.165, 1.54) is 6.92 Å². The summed E-state index contributed by atoms with van der Waals surface area (Å²) in [6.45, 7) is 1.14. The van der Waals surface area contributed by atoms with Crippen molar-refractivity contribution in [3.63, 3.8) is 0 Å². The number of aliphatic hydroxyl groups is 1. The lowest BCUT2D eigenvalue weighted by Gasteiger charge is -2.15. The Balaban J connectivity index is 2.46. The number of hydrogen-bond donors (Lipinski definition) is 1. The zero-order valence-corrected chi connectivity index (χ0v) is 6.90. The van der Waals surface area contributed by atoms with Gasteiger partial charge in [0.05, 0.1) is 6.61 Å². The van der Waals surface area contributed by atoms with Gasteiger partial charge in [0.1, 0.15) is 20.1 Å². The molecule has 66 valence electrons. The number of hydrogen-bond acceptors (Lipinski definition) is 4. The fourth-order valence-electron chi connectivity index (χ4n) is 1.25. The van der Waals surface area contributed by atoms with Crippen LogP contribution in [0, 0.1) is 0 Å². The summed E-state index contributed by atoms with van der Waals surface area (Å²) in [5.41, 5.74) is 0. The molecule has 1 fully saturated rings. The van der Waals surface area contributed by atoms with Crippen molar-refractivity contribution < 1.29 is 19.4 Å². The second-order valence-electron chi connectivity index (χ2n) is 2.78. The highest BCUT2D eigenvalue weighted by Crippen LogP contribution is 2.21. The van der Waals surface area contributed by atoms with Crippen LogP contribution in [0.25, 0.3) is 0 Å². The third-order valence-electron chi connectivity index (χ3n) is 1.73. The molecule has 0 aliphatic carbocycles. The minimum absolute atomic E-state index is 0.175. The zero-order chi connectivity index (χ0) is 9.14. The molecule has 2 radical (unpaired) electrons. The van der Waals surface area contributed by atoms with E-state index in [2.05, 4.69) is 0 Å². The summed E-state index contributed by atoms with van der Waals surface area (Å²) >= 11 is 0. The third-order valence-corrected chi connectivity index (χ3v) is 1.73. The van der Waals surface area contributed by atoms with Crippen LogP contribution in [0.4, 0.5) is 0 Å². The first-order valence-corrected chi connectivity index (χ1v) is 3.82. The smallest absolute Gasteiger partial charge is 0.302 e. The topological polar surface area (TPSA) is 55.8 Å². The van der Waals surface area contributed by atoms with Crippen LogP contribution in [0.5, 0.6) is 0 Å². The van der Waals surface area contributed by atoms with Gasteiger partial charge < -0.3 is 14.6 Å². The van der Waals surface area contributed by atoms with Crippen LogP contribution in [0.15, 0.2) is 0 Å². The van der Waals surface area contributed by atoms with Gasteiger partial charge >= 0.3 is 5.97 Å². The van der Waals surface area contributed by atoms with Crippen molar-refractivity contribution in [2.45, 2.75) is 31.6 Å². The average Bonchev–Trinajstić information content (AvgIpc) is 2.29. The molecule has 0 saturated carbocycles. The molecule has 1 heterocycles. The van der Waals surface area contributed by atoms with E-state index >= 15 is 0 Å². The molecule has 0 spiro atoms. The first-order valence-electron chi connectivity index (χ1n) is 3.82. The van der Waals surface area contributed by atoms with E-state index in [0.29, 0.717) is 6.42 Å². The van der Waals surface area contributed by atoms with Crippen LogP contribution < -0.4 is 0 Å². The molecular formula is C7H11BO4.